The summed E-state index contributed by atoms with van der Waals surface area (Å²) in [5.41, 5.74) is 4.02. The quantitative estimate of drug-likeness (QED) is 0.942. The van der Waals surface area contributed by atoms with Gasteiger partial charge in [0.15, 0.2) is 0 Å². The summed E-state index contributed by atoms with van der Waals surface area (Å²) in [7, 11) is 0. The number of fused-ring (bicyclic) bond motifs is 2. The minimum Gasteiger partial charge on any atom is -0.352 e. The molecule has 1 aromatic carbocycles. The number of nitrogens with zero attached hydrogens (tertiary/aromatic N) is 2. The second kappa shape index (κ2) is 4.97. The van der Waals surface area contributed by atoms with Gasteiger partial charge in [-0.25, -0.2) is 0 Å². The van der Waals surface area contributed by atoms with Crippen LogP contribution in [-0.4, -0.2) is 22.2 Å². The molecule has 2 atom stereocenters. The Morgan fingerprint density at radius 2 is 2.32 bits per heavy atom. The lowest BCUT2D eigenvalue weighted by atomic mass is 9.95. The molecule has 2 aliphatic rings. The zero-order valence-corrected chi connectivity index (χ0v) is 12.9. The number of nitrogens with one attached hydrogen (secondary N) is 1. The standard InChI is InChI=1S/C18H21N3O/c1-2-21-12-14(10-20-21)17(22)19-11-15-9-18(15)8-7-13-5-3-4-6-16(13)18/h3-6,10,12,15H,2,7-9,11H2,1H3,(H,19,22)/t15-,18-/m0/s1. The third-order valence-corrected chi connectivity index (χ3v) is 5.35. The molecule has 0 unspecified atom stereocenters. The lowest BCUT2D eigenvalue weighted by Crippen LogP contribution is -2.27. The van der Waals surface area contributed by atoms with Crippen molar-refractivity contribution in [3.05, 3.63) is 53.3 Å². The Bertz CT molecular complexity index is 721. The molecule has 1 amide bonds. The highest BCUT2D eigenvalue weighted by atomic mass is 16.1. The number of hydrogen-bond donors (Lipinski definition) is 1. The molecule has 22 heavy (non-hydrogen) atoms. The van der Waals surface area contributed by atoms with Crippen molar-refractivity contribution in [3.63, 3.8) is 0 Å². The molecule has 114 valence electrons. The van der Waals surface area contributed by atoms with Crippen LogP contribution in [0.25, 0.3) is 0 Å². The van der Waals surface area contributed by atoms with Gasteiger partial charge in [0.05, 0.1) is 11.8 Å². The fourth-order valence-electron chi connectivity index (χ4n) is 3.97. The zero-order chi connectivity index (χ0) is 15.2. The number of carbonyl (C=O) groups is 1. The third kappa shape index (κ3) is 2.05. The first-order chi connectivity index (χ1) is 10.7. The van der Waals surface area contributed by atoms with E-state index in [0.29, 0.717) is 16.9 Å². The maximum atomic E-state index is 12.2. The van der Waals surface area contributed by atoms with Crippen LogP contribution < -0.4 is 5.32 Å². The van der Waals surface area contributed by atoms with Gasteiger partial charge in [-0.1, -0.05) is 24.3 Å². The molecule has 2 aromatic rings. The topological polar surface area (TPSA) is 46.9 Å². The van der Waals surface area contributed by atoms with Gasteiger partial charge in [-0.05, 0) is 43.2 Å². The smallest absolute Gasteiger partial charge is 0.254 e. The molecule has 1 spiro atoms. The molecule has 4 nitrogen and oxygen atoms in total. The van der Waals surface area contributed by atoms with Gasteiger partial charge in [-0.3, -0.25) is 9.48 Å². The minimum atomic E-state index is -0.00645. The Hall–Kier alpha value is -2.10. The van der Waals surface area contributed by atoms with Gasteiger partial charge < -0.3 is 5.32 Å². The van der Waals surface area contributed by atoms with Crippen LogP contribution in [0.2, 0.25) is 0 Å². The predicted octanol–water partition coefficient (Wildman–Crippen LogP) is 2.54. The first kappa shape index (κ1) is 13.6. The number of hydrogen-bond acceptors (Lipinski definition) is 2. The molecule has 2 aliphatic carbocycles. The van der Waals surface area contributed by atoms with Crippen molar-refractivity contribution in [1.82, 2.24) is 15.1 Å². The zero-order valence-electron chi connectivity index (χ0n) is 12.9. The van der Waals surface area contributed by atoms with Crippen LogP contribution in [0.3, 0.4) is 0 Å². The Morgan fingerprint density at radius 3 is 3.14 bits per heavy atom. The van der Waals surface area contributed by atoms with Gasteiger partial charge in [0.2, 0.25) is 0 Å². The summed E-state index contributed by atoms with van der Waals surface area (Å²) < 4.78 is 1.78. The summed E-state index contributed by atoms with van der Waals surface area (Å²) in [5, 5.41) is 7.24. The minimum absolute atomic E-state index is 0.00645. The monoisotopic (exact) mass is 295 g/mol. The fraction of sp³-hybridized carbons (Fsp3) is 0.444. The first-order valence-electron chi connectivity index (χ1n) is 8.12. The lowest BCUT2D eigenvalue weighted by molar-refractivity contribution is 0.0951. The molecule has 1 N–H and O–H groups in total. The molecule has 1 saturated carbocycles. The van der Waals surface area contributed by atoms with E-state index in [2.05, 4.69) is 34.7 Å². The second-order valence-electron chi connectivity index (χ2n) is 6.51. The van der Waals surface area contributed by atoms with Crippen LogP contribution in [0.1, 0.15) is 41.3 Å². The molecule has 1 aromatic heterocycles. The molecule has 1 fully saturated rings. The average molecular weight is 295 g/mol. The van der Waals surface area contributed by atoms with Crippen LogP contribution in [-0.2, 0) is 18.4 Å². The van der Waals surface area contributed by atoms with Crippen molar-refractivity contribution in [2.45, 2.75) is 38.1 Å². The molecule has 1 heterocycles. The number of aromatic nitrogens is 2. The van der Waals surface area contributed by atoms with Gasteiger partial charge in [0.1, 0.15) is 0 Å². The summed E-state index contributed by atoms with van der Waals surface area (Å²) in [4.78, 5) is 12.2. The maximum Gasteiger partial charge on any atom is 0.254 e. The molecule has 0 radical (unpaired) electrons. The normalized spacial score (nSPS) is 25.2. The van der Waals surface area contributed by atoms with Crippen molar-refractivity contribution >= 4 is 5.91 Å². The van der Waals surface area contributed by atoms with E-state index in [-0.39, 0.29) is 5.91 Å². The predicted molar refractivity (Wildman–Crippen MR) is 84.8 cm³/mol. The summed E-state index contributed by atoms with van der Waals surface area (Å²) in [6.45, 7) is 3.57. The van der Waals surface area contributed by atoms with E-state index in [4.69, 9.17) is 0 Å². The number of amides is 1. The van der Waals surface area contributed by atoms with Crippen LogP contribution >= 0.6 is 0 Å². The van der Waals surface area contributed by atoms with Crippen LogP contribution in [0.15, 0.2) is 36.7 Å². The Kier molecular flexibility index (Phi) is 3.06. The third-order valence-electron chi connectivity index (χ3n) is 5.35. The Labute approximate surface area is 130 Å². The van der Waals surface area contributed by atoms with Gasteiger partial charge in [-0.2, -0.15) is 5.10 Å². The van der Waals surface area contributed by atoms with Crippen LogP contribution in [0.4, 0.5) is 0 Å². The van der Waals surface area contributed by atoms with Crippen molar-refractivity contribution in [2.24, 2.45) is 5.92 Å². The van der Waals surface area contributed by atoms with Crippen LogP contribution in [0, 0.1) is 5.92 Å². The fourth-order valence-corrected chi connectivity index (χ4v) is 3.97. The molecule has 0 aliphatic heterocycles. The van der Waals surface area contributed by atoms with E-state index in [1.54, 1.807) is 10.9 Å². The highest BCUT2D eigenvalue weighted by molar-refractivity contribution is 5.93. The largest absolute Gasteiger partial charge is 0.352 e. The number of carbonyl (C=O) groups excluding carboxylic acids is 1. The van der Waals surface area contributed by atoms with Gasteiger partial charge in [-0.15, -0.1) is 0 Å². The highest BCUT2D eigenvalue weighted by Crippen LogP contribution is 2.61. The summed E-state index contributed by atoms with van der Waals surface area (Å²) >= 11 is 0. The molecule has 4 heteroatoms. The number of rotatable bonds is 4. The van der Waals surface area contributed by atoms with E-state index in [1.165, 1.54) is 30.4 Å². The molecule has 4 rings (SSSR count). The molecular formula is C18H21N3O. The van der Waals surface area contributed by atoms with Gasteiger partial charge in [0.25, 0.3) is 5.91 Å². The lowest BCUT2D eigenvalue weighted by Gasteiger charge is -2.12. The SMILES string of the molecule is CCn1cc(C(=O)NC[C@@H]2C[C@@]23CCc2ccccc23)cn1. The van der Waals surface area contributed by atoms with E-state index in [1.807, 2.05) is 13.1 Å². The molecular weight excluding hydrogens is 274 g/mol. The maximum absolute atomic E-state index is 12.2. The summed E-state index contributed by atoms with van der Waals surface area (Å²) in [5.74, 6) is 0.578. The van der Waals surface area contributed by atoms with Crippen LogP contribution in [0.5, 0.6) is 0 Å². The van der Waals surface area contributed by atoms with E-state index in [0.717, 1.165) is 13.1 Å². The van der Waals surface area contributed by atoms with E-state index in [9.17, 15) is 4.79 Å². The highest BCUT2D eigenvalue weighted by Gasteiger charge is 2.57. The van der Waals surface area contributed by atoms with Gasteiger partial charge in [0, 0.05) is 24.7 Å². The van der Waals surface area contributed by atoms with Crippen molar-refractivity contribution in [1.29, 1.82) is 0 Å². The van der Waals surface area contributed by atoms with Crippen molar-refractivity contribution in [2.75, 3.05) is 6.54 Å². The summed E-state index contributed by atoms with van der Waals surface area (Å²) in [6.07, 6.45) is 7.08. The van der Waals surface area contributed by atoms with E-state index < -0.39 is 0 Å². The molecule has 0 saturated heterocycles. The summed E-state index contributed by atoms with van der Waals surface area (Å²) in [6, 6.07) is 8.79. The van der Waals surface area contributed by atoms with E-state index >= 15 is 0 Å². The van der Waals surface area contributed by atoms with Crippen molar-refractivity contribution in [3.8, 4) is 0 Å². The average Bonchev–Trinajstić information content (AvgIpc) is 2.89. The number of aryl methyl sites for hydroxylation is 2. The van der Waals surface area contributed by atoms with Gasteiger partial charge >= 0.3 is 0 Å². The first-order valence-corrected chi connectivity index (χ1v) is 8.12. The molecule has 0 bridgehead atoms. The Morgan fingerprint density at radius 1 is 1.45 bits per heavy atom. The Balaban J connectivity index is 1.39. The van der Waals surface area contributed by atoms with Crippen molar-refractivity contribution < 1.29 is 4.79 Å². The second-order valence-corrected chi connectivity index (χ2v) is 6.51. The number of benzene rings is 1.